The molecule has 1 saturated carbocycles. The zero-order valence-corrected chi connectivity index (χ0v) is 11.8. The van der Waals surface area contributed by atoms with Crippen LogP contribution in [0.1, 0.15) is 44.9 Å². The van der Waals surface area contributed by atoms with E-state index in [1.165, 1.54) is 5.75 Å². The van der Waals surface area contributed by atoms with Gasteiger partial charge in [-0.1, -0.05) is 0 Å². The molecular formula is C14H24FNOS. The van der Waals surface area contributed by atoms with Crippen LogP contribution < -0.4 is 5.73 Å². The maximum atomic E-state index is 15.2. The van der Waals surface area contributed by atoms with E-state index in [2.05, 4.69) is 0 Å². The van der Waals surface area contributed by atoms with Gasteiger partial charge in [0.25, 0.3) is 0 Å². The minimum Gasteiger partial charge on any atom is -0.374 e. The van der Waals surface area contributed by atoms with Gasteiger partial charge in [0, 0.05) is 18.4 Å². The van der Waals surface area contributed by atoms with E-state index in [1.807, 2.05) is 11.8 Å². The van der Waals surface area contributed by atoms with Crippen LogP contribution in [0.15, 0.2) is 0 Å². The minimum atomic E-state index is -0.958. The van der Waals surface area contributed by atoms with Crippen molar-refractivity contribution in [3.8, 4) is 0 Å². The maximum absolute atomic E-state index is 15.2. The second kappa shape index (κ2) is 4.95. The summed E-state index contributed by atoms with van der Waals surface area (Å²) in [7, 11) is 0. The van der Waals surface area contributed by atoms with E-state index in [1.54, 1.807) is 0 Å². The van der Waals surface area contributed by atoms with Crippen LogP contribution >= 0.6 is 11.8 Å². The lowest BCUT2D eigenvalue weighted by Gasteiger charge is -2.45. The first-order valence-electron chi connectivity index (χ1n) is 7.28. The Kier molecular flexibility index (Phi) is 3.63. The zero-order valence-electron chi connectivity index (χ0n) is 11.0. The molecule has 2 saturated heterocycles. The summed E-state index contributed by atoms with van der Waals surface area (Å²) in [6.45, 7) is 0.753. The maximum Gasteiger partial charge on any atom is 0.114 e. The van der Waals surface area contributed by atoms with Crippen molar-refractivity contribution in [1.29, 1.82) is 0 Å². The van der Waals surface area contributed by atoms with E-state index in [-0.39, 0.29) is 17.6 Å². The molecule has 104 valence electrons. The number of nitrogens with two attached hydrogens (primary N) is 1. The Bertz CT molecular complexity index is 298. The van der Waals surface area contributed by atoms with Crippen molar-refractivity contribution in [2.75, 3.05) is 18.1 Å². The molecule has 3 aliphatic rings. The SMILES string of the molecule is NC1CCC(F)(C2CCOC3(CCSC3)C2)CC1. The van der Waals surface area contributed by atoms with Crippen molar-refractivity contribution >= 4 is 11.8 Å². The lowest BCUT2D eigenvalue weighted by atomic mass is 9.69. The predicted octanol–water partition coefficient (Wildman–Crippen LogP) is 2.90. The van der Waals surface area contributed by atoms with Gasteiger partial charge < -0.3 is 10.5 Å². The van der Waals surface area contributed by atoms with Crippen molar-refractivity contribution in [2.45, 2.75) is 62.3 Å². The van der Waals surface area contributed by atoms with Crippen molar-refractivity contribution in [1.82, 2.24) is 0 Å². The van der Waals surface area contributed by atoms with Crippen LogP contribution in [-0.2, 0) is 4.74 Å². The smallest absolute Gasteiger partial charge is 0.114 e. The Morgan fingerprint density at radius 2 is 1.94 bits per heavy atom. The number of ether oxygens (including phenoxy) is 1. The minimum absolute atomic E-state index is 0.00619. The number of halogens is 1. The zero-order chi connectivity index (χ0) is 12.6. The highest BCUT2D eigenvalue weighted by Crippen LogP contribution is 2.48. The number of alkyl halides is 1. The second-order valence-corrected chi connectivity index (χ2v) is 7.50. The molecule has 0 amide bonds. The van der Waals surface area contributed by atoms with Crippen LogP contribution in [0.3, 0.4) is 0 Å². The van der Waals surface area contributed by atoms with Crippen molar-refractivity contribution in [2.24, 2.45) is 11.7 Å². The highest BCUT2D eigenvalue weighted by Gasteiger charge is 2.49. The molecule has 0 aromatic heterocycles. The summed E-state index contributed by atoms with van der Waals surface area (Å²) < 4.78 is 21.2. The standard InChI is InChI=1S/C14H24FNOS/c15-14(4-1-12(16)2-5-14)11-3-7-17-13(9-11)6-8-18-10-13/h11-12H,1-10,16H2. The summed E-state index contributed by atoms with van der Waals surface area (Å²) in [5, 5.41) is 0. The van der Waals surface area contributed by atoms with Crippen LogP contribution in [0.4, 0.5) is 4.39 Å². The molecule has 4 heteroatoms. The Hall–Kier alpha value is 0.200. The van der Waals surface area contributed by atoms with Gasteiger partial charge >= 0.3 is 0 Å². The molecular weight excluding hydrogens is 249 g/mol. The third-order valence-corrected chi connectivity index (χ3v) is 6.38. The fourth-order valence-corrected chi connectivity index (χ4v) is 5.24. The van der Waals surface area contributed by atoms with Gasteiger partial charge in [-0.15, -0.1) is 0 Å². The Morgan fingerprint density at radius 1 is 1.17 bits per heavy atom. The summed E-state index contributed by atoms with van der Waals surface area (Å²) in [4.78, 5) is 0. The molecule has 3 rings (SSSR count). The van der Waals surface area contributed by atoms with Gasteiger partial charge in [-0.05, 0) is 56.6 Å². The van der Waals surface area contributed by atoms with Crippen LogP contribution in [0.2, 0.25) is 0 Å². The summed E-state index contributed by atoms with van der Waals surface area (Å²) >= 11 is 1.96. The first-order valence-corrected chi connectivity index (χ1v) is 8.44. The van der Waals surface area contributed by atoms with E-state index < -0.39 is 5.67 Å². The first-order chi connectivity index (χ1) is 8.62. The van der Waals surface area contributed by atoms with E-state index in [0.717, 1.165) is 44.5 Å². The fraction of sp³-hybridized carbons (Fsp3) is 1.00. The van der Waals surface area contributed by atoms with E-state index in [0.29, 0.717) is 12.8 Å². The van der Waals surface area contributed by atoms with Gasteiger partial charge in [0.05, 0.1) is 5.60 Å². The number of hydrogen-bond acceptors (Lipinski definition) is 3. The topological polar surface area (TPSA) is 35.2 Å². The van der Waals surface area contributed by atoms with E-state index >= 15 is 4.39 Å². The molecule has 2 aliphatic heterocycles. The van der Waals surface area contributed by atoms with Crippen molar-refractivity contribution in [3.05, 3.63) is 0 Å². The molecule has 2 atom stereocenters. The van der Waals surface area contributed by atoms with Crippen molar-refractivity contribution in [3.63, 3.8) is 0 Å². The van der Waals surface area contributed by atoms with Gasteiger partial charge in [0.15, 0.2) is 0 Å². The van der Waals surface area contributed by atoms with E-state index in [9.17, 15) is 0 Å². The highest BCUT2D eigenvalue weighted by atomic mass is 32.2. The van der Waals surface area contributed by atoms with Crippen LogP contribution in [0.25, 0.3) is 0 Å². The Morgan fingerprint density at radius 3 is 2.61 bits per heavy atom. The molecule has 0 radical (unpaired) electrons. The second-order valence-electron chi connectivity index (χ2n) is 6.40. The lowest BCUT2D eigenvalue weighted by molar-refractivity contribution is -0.118. The molecule has 3 fully saturated rings. The summed E-state index contributed by atoms with van der Waals surface area (Å²) in [5.74, 6) is 2.45. The normalized spacial score (nSPS) is 49.7. The quantitative estimate of drug-likeness (QED) is 0.798. The first kappa shape index (κ1) is 13.2. The largest absolute Gasteiger partial charge is 0.374 e. The summed E-state index contributed by atoms with van der Waals surface area (Å²) in [6.07, 6.45) is 6.00. The summed E-state index contributed by atoms with van der Waals surface area (Å²) in [5.41, 5.74) is 4.95. The molecule has 0 bridgehead atoms. The average molecular weight is 273 g/mol. The molecule has 0 aromatic rings. The van der Waals surface area contributed by atoms with Crippen LogP contribution in [0, 0.1) is 5.92 Å². The summed E-state index contributed by atoms with van der Waals surface area (Å²) in [6, 6.07) is 0.227. The molecule has 2 nitrogen and oxygen atoms in total. The molecule has 2 heterocycles. The fourth-order valence-electron chi connectivity index (χ4n) is 3.86. The monoisotopic (exact) mass is 273 g/mol. The van der Waals surface area contributed by atoms with Gasteiger partial charge in [0.2, 0.25) is 0 Å². The molecule has 2 N–H and O–H groups in total. The third-order valence-electron chi connectivity index (χ3n) is 5.15. The number of rotatable bonds is 1. The molecule has 18 heavy (non-hydrogen) atoms. The van der Waals surface area contributed by atoms with Gasteiger partial charge in [-0.3, -0.25) is 0 Å². The molecule has 1 aliphatic carbocycles. The van der Waals surface area contributed by atoms with E-state index in [4.69, 9.17) is 10.5 Å². The third kappa shape index (κ3) is 2.44. The number of hydrogen-bond donors (Lipinski definition) is 1. The Balaban J connectivity index is 1.68. The number of thioether (sulfide) groups is 1. The van der Waals surface area contributed by atoms with Gasteiger partial charge in [-0.25, -0.2) is 4.39 Å². The highest BCUT2D eigenvalue weighted by molar-refractivity contribution is 7.99. The molecule has 0 aromatic carbocycles. The molecule has 2 unspecified atom stereocenters. The molecule has 1 spiro atoms. The predicted molar refractivity (Wildman–Crippen MR) is 73.6 cm³/mol. The van der Waals surface area contributed by atoms with Crippen LogP contribution in [-0.4, -0.2) is 35.4 Å². The Labute approximate surface area is 113 Å². The van der Waals surface area contributed by atoms with Gasteiger partial charge in [-0.2, -0.15) is 11.8 Å². The lowest BCUT2D eigenvalue weighted by Crippen LogP contribution is -2.49. The van der Waals surface area contributed by atoms with Crippen LogP contribution in [0.5, 0.6) is 0 Å². The average Bonchev–Trinajstić information content (AvgIpc) is 2.81. The van der Waals surface area contributed by atoms with Crippen molar-refractivity contribution < 1.29 is 9.13 Å². The van der Waals surface area contributed by atoms with Gasteiger partial charge in [0.1, 0.15) is 5.67 Å².